The second-order valence-electron chi connectivity index (χ2n) is 4.65. The Morgan fingerprint density at radius 2 is 2.24 bits per heavy atom. The van der Waals surface area contributed by atoms with Crippen LogP contribution in [0.15, 0.2) is 18.2 Å². The van der Waals surface area contributed by atoms with Gasteiger partial charge < -0.3 is 20.3 Å². The molecule has 114 valence electrons. The van der Waals surface area contributed by atoms with E-state index in [1.807, 2.05) is 0 Å². The number of ether oxygens (including phenoxy) is 1. The molecule has 1 aromatic carbocycles. The summed E-state index contributed by atoms with van der Waals surface area (Å²) in [6.07, 6.45) is 0. The largest absolute Gasteiger partial charge is 0.496 e. The zero-order valence-electron chi connectivity index (χ0n) is 12.0. The van der Waals surface area contributed by atoms with E-state index < -0.39 is 17.8 Å². The number of amides is 2. The molecule has 1 atom stereocenters. The van der Waals surface area contributed by atoms with Crippen LogP contribution in [0.25, 0.3) is 0 Å². The summed E-state index contributed by atoms with van der Waals surface area (Å²) in [7, 11) is 2.88. The topological polar surface area (TPSA) is 70.7 Å². The summed E-state index contributed by atoms with van der Waals surface area (Å²) in [6, 6.07) is 3.53. The summed E-state index contributed by atoms with van der Waals surface area (Å²) in [4.78, 5) is 25.9. The number of nitrogens with zero attached hydrogens (tertiary/aromatic N) is 1. The van der Waals surface area contributed by atoms with Crippen molar-refractivity contribution in [2.75, 3.05) is 33.8 Å². The molecule has 1 aliphatic rings. The molecular weight excluding hydrogens is 277 g/mol. The molecule has 0 bridgehead atoms. The first-order valence-electron chi connectivity index (χ1n) is 6.66. The van der Waals surface area contributed by atoms with Gasteiger partial charge in [0.2, 0.25) is 5.91 Å². The number of piperazine rings is 1. The van der Waals surface area contributed by atoms with Crippen molar-refractivity contribution in [2.24, 2.45) is 0 Å². The summed E-state index contributed by atoms with van der Waals surface area (Å²) >= 11 is 0. The summed E-state index contributed by atoms with van der Waals surface area (Å²) < 4.78 is 19.1. The Balaban J connectivity index is 2.35. The fourth-order valence-electron chi connectivity index (χ4n) is 2.37. The molecule has 1 aromatic rings. The number of carbonyl (C=O) groups excluding carboxylic acids is 2. The van der Waals surface area contributed by atoms with E-state index in [4.69, 9.17) is 4.74 Å². The van der Waals surface area contributed by atoms with E-state index in [-0.39, 0.29) is 17.2 Å². The average Bonchev–Trinajstić information content (AvgIpc) is 2.53. The van der Waals surface area contributed by atoms with Crippen LogP contribution in [0.4, 0.5) is 4.39 Å². The van der Waals surface area contributed by atoms with E-state index in [1.165, 1.54) is 37.3 Å². The van der Waals surface area contributed by atoms with E-state index >= 15 is 0 Å². The number of benzene rings is 1. The van der Waals surface area contributed by atoms with Gasteiger partial charge in [0.25, 0.3) is 5.91 Å². The normalized spacial score (nSPS) is 18.2. The van der Waals surface area contributed by atoms with Gasteiger partial charge in [0.1, 0.15) is 23.2 Å². The lowest BCUT2D eigenvalue weighted by Crippen LogP contribution is -2.59. The van der Waals surface area contributed by atoms with Crippen molar-refractivity contribution >= 4 is 11.8 Å². The van der Waals surface area contributed by atoms with Gasteiger partial charge >= 0.3 is 0 Å². The molecule has 1 heterocycles. The van der Waals surface area contributed by atoms with E-state index in [0.29, 0.717) is 19.6 Å². The quantitative estimate of drug-likeness (QED) is 0.823. The number of halogens is 1. The van der Waals surface area contributed by atoms with Gasteiger partial charge in [0.05, 0.1) is 7.11 Å². The zero-order chi connectivity index (χ0) is 15.4. The van der Waals surface area contributed by atoms with Gasteiger partial charge in [-0.1, -0.05) is 6.07 Å². The molecule has 21 heavy (non-hydrogen) atoms. The van der Waals surface area contributed by atoms with E-state index in [9.17, 15) is 14.0 Å². The van der Waals surface area contributed by atoms with Crippen LogP contribution < -0.4 is 15.4 Å². The first-order valence-corrected chi connectivity index (χ1v) is 6.66. The molecule has 0 aliphatic carbocycles. The van der Waals surface area contributed by atoms with Crippen molar-refractivity contribution in [1.82, 2.24) is 15.5 Å². The number of hydrogen-bond donors (Lipinski definition) is 2. The van der Waals surface area contributed by atoms with Crippen LogP contribution in [0.2, 0.25) is 0 Å². The molecule has 0 aromatic heterocycles. The lowest BCUT2D eigenvalue weighted by atomic mass is 10.1. The van der Waals surface area contributed by atoms with Crippen molar-refractivity contribution in [1.29, 1.82) is 0 Å². The fourth-order valence-corrected chi connectivity index (χ4v) is 2.37. The molecule has 1 aliphatic heterocycles. The maximum absolute atomic E-state index is 14.0. The Morgan fingerprint density at radius 3 is 2.90 bits per heavy atom. The maximum Gasteiger partial charge on any atom is 0.261 e. The highest BCUT2D eigenvalue weighted by atomic mass is 19.1. The summed E-state index contributed by atoms with van der Waals surface area (Å²) in [5.41, 5.74) is -0.143. The Kier molecular flexibility index (Phi) is 4.74. The predicted molar refractivity (Wildman–Crippen MR) is 74.7 cm³/mol. The highest BCUT2D eigenvalue weighted by molar-refractivity contribution is 6.00. The number of rotatable bonds is 3. The monoisotopic (exact) mass is 295 g/mol. The summed E-state index contributed by atoms with van der Waals surface area (Å²) in [6.45, 7) is 1.21. The van der Waals surface area contributed by atoms with Crippen molar-refractivity contribution in [3.05, 3.63) is 29.6 Å². The summed E-state index contributed by atoms with van der Waals surface area (Å²) in [5.74, 6) is -1.33. The van der Waals surface area contributed by atoms with E-state index in [2.05, 4.69) is 10.6 Å². The summed E-state index contributed by atoms with van der Waals surface area (Å²) in [5, 5.41) is 5.57. The van der Waals surface area contributed by atoms with Crippen LogP contribution in [0.3, 0.4) is 0 Å². The third-order valence-corrected chi connectivity index (χ3v) is 3.46. The number of hydrogen-bond acceptors (Lipinski definition) is 4. The molecule has 0 saturated carbocycles. The van der Waals surface area contributed by atoms with Gasteiger partial charge in [-0.2, -0.15) is 0 Å². The molecule has 2 rings (SSSR count). The van der Waals surface area contributed by atoms with Crippen molar-refractivity contribution in [2.45, 2.75) is 6.04 Å². The zero-order valence-corrected chi connectivity index (χ0v) is 12.0. The van der Waals surface area contributed by atoms with Gasteiger partial charge in [0, 0.05) is 26.7 Å². The Labute approximate surface area is 122 Å². The molecule has 2 N–H and O–H groups in total. The van der Waals surface area contributed by atoms with Gasteiger partial charge in [0.15, 0.2) is 0 Å². The van der Waals surface area contributed by atoms with Crippen molar-refractivity contribution < 1.29 is 18.7 Å². The first-order chi connectivity index (χ1) is 10.1. The van der Waals surface area contributed by atoms with Gasteiger partial charge in [-0.05, 0) is 12.1 Å². The molecule has 0 radical (unpaired) electrons. The minimum absolute atomic E-state index is 0.143. The molecular formula is C14H18FN3O3. The Bertz CT molecular complexity index is 550. The molecule has 1 saturated heterocycles. The second kappa shape index (κ2) is 6.53. The van der Waals surface area contributed by atoms with Crippen LogP contribution in [-0.4, -0.2) is 56.5 Å². The third kappa shape index (κ3) is 2.97. The number of likely N-dealkylation sites (N-methyl/N-ethyl adjacent to an activating group) is 1. The minimum Gasteiger partial charge on any atom is -0.496 e. The van der Waals surface area contributed by atoms with Gasteiger partial charge in [-0.25, -0.2) is 4.39 Å². The van der Waals surface area contributed by atoms with Crippen molar-refractivity contribution in [3.8, 4) is 5.75 Å². The molecule has 1 unspecified atom stereocenters. The molecule has 6 nitrogen and oxygen atoms in total. The molecule has 1 fully saturated rings. The van der Waals surface area contributed by atoms with Crippen molar-refractivity contribution in [3.63, 3.8) is 0 Å². The van der Waals surface area contributed by atoms with Crippen LogP contribution in [-0.2, 0) is 4.79 Å². The number of carbonyl (C=O) groups is 2. The number of methoxy groups -OCH3 is 1. The third-order valence-electron chi connectivity index (χ3n) is 3.46. The lowest BCUT2D eigenvalue weighted by molar-refractivity contribution is -0.125. The van der Waals surface area contributed by atoms with Crippen LogP contribution in [0.5, 0.6) is 5.75 Å². The van der Waals surface area contributed by atoms with Crippen LogP contribution in [0.1, 0.15) is 10.4 Å². The van der Waals surface area contributed by atoms with Gasteiger partial charge in [-0.15, -0.1) is 0 Å². The molecule has 2 amide bonds. The average molecular weight is 295 g/mol. The maximum atomic E-state index is 14.0. The molecule has 0 spiro atoms. The highest BCUT2D eigenvalue weighted by Crippen LogP contribution is 2.24. The highest BCUT2D eigenvalue weighted by Gasteiger charge is 2.34. The first kappa shape index (κ1) is 15.2. The van der Waals surface area contributed by atoms with E-state index in [0.717, 1.165) is 0 Å². The van der Waals surface area contributed by atoms with Crippen LogP contribution in [0, 0.1) is 5.82 Å². The lowest BCUT2D eigenvalue weighted by Gasteiger charge is -2.35. The molecule has 7 heteroatoms. The SMILES string of the molecule is CNC(=O)C1CNCCN1C(=O)c1c(F)cccc1OC. The minimum atomic E-state index is -0.666. The van der Waals surface area contributed by atoms with E-state index in [1.54, 1.807) is 0 Å². The second-order valence-corrected chi connectivity index (χ2v) is 4.65. The Hall–Kier alpha value is -2.15. The Morgan fingerprint density at radius 1 is 1.48 bits per heavy atom. The smallest absolute Gasteiger partial charge is 0.261 e. The predicted octanol–water partition coefficient (Wildman–Crippen LogP) is -0.00570. The number of nitrogens with one attached hydrogen (secondary N) is 2. The standard InChI is InChI=1S/C14H18FN3O3/c1-16-13(19)10-8-17-6-7-18(10)14(20)12-9(15)4-3-5-11(12)21-2/h3-5,10,17H,6-8H2,1-2H3,(H,16,19). The fraction of sp³-hybridized carbons (Fsp3) is 0.429. The van der Waals surface area contributed by atoms with Crippen LogP contribution >= 0.6 is 0 Å². The van der Waals surface area contributed by atoms with Gasteiger partial charge in [-0.3, -0.25) is 9.59 Å².